The molecule has 1 nitrogen and oxygen atoms in total. The zero-order valence-corrected chi connectivity index (χ0v) is 13.0. The molecule has 5 heteroatoms. The molecule has 2 aromatic carbocycles. The molecule has 0 bridgehead atoms. The SMILES string of the molecule is O=S(Cc1ccc(Cl)cc1)Cc1ccc(Cl)cc1Cl. The molecule has 0 spiro atoms. The Morgan fingerprint density at radius 1 is 0.842 bits per heavy atom. The molecule has 1 atom stereocenters. The summed E-state index contributed by atoms with van der Waals surface area (Å²) in [6.07, 6.45) is 0. The highest BCUT2D eigenvalue weighted by atomic mass is 35.5. The van der Waals surface area contributed by atoms with E-state index in [1.54, 1.807) is 24.3 Å². The minimum absolute atomic E-state index is 0.415. The normalized spacial score (nSPS) is 12.4. The maximum absolute atomic E-state index is 12.1. The molecule has 0 saturated carbocycles. The first-order valence-electron chi connectivity index (χ1n) is 5.58. The van der Waals surface area contributed by atoms with Crippen LogP contribution in [0.5, 0.6) is 0 Å². The topological polar surface area (TPSA) is 17.1 Å². The molecular weight excluding hydrogens is 323 g/mol. The lowest BCUT2D eigenvalue weighted by molar-refractivity contribution is 0.682. The Balaban J connectivity index is 2.03. The molecule has 19 heavy (non-hydrogen) atoms. The van der Waals surface area contributed by atoms with Crippen LogP contribution in [0.2, 0.25) is 15.1 Å². The quantitative estimate of drug-likeness (QED) is 0.761. The van der Waals surface area contributed by atoms with E-state index < -0.39 is 10.8 Å². The third-order valence-electron chi connectivity index (χ3n) is 2.57. The van der Waals surface area contributed by atoms with E-state index in [0.29, 0.717) is 26.6 Å². The first-order valence-corrected chi connectivity index (χ1v) is 8.20. The van der Waals surface area contributed by atoms with Gasteiger partial charge in [0.25, 0.3) is 0 Å². The lowest BCUT2D eigenvalue weighted by Gasteiger charge is -2.05. The maximum Gasteiger partial charge on any atom is 0.0503 e. The molecule has 0 aliphatic rings. The Kier molecular flexibility index (Phi) is 5.28. The molecule has 0 aliphatic carbocycles. The van der Waals surface area contributed by atoms with Gasteiger partial charge in [-0.15, -0.1) is 0 Å². The van der Waals surface area contributed by atoms with Crippen molar-refractivity contribution in [3.63, 3.8) is 0 Å². The van der Waals surface area contributed by atoms with E-state index in [0.717, 1.165) is 11.1 Å². The summed E-state index contributed by atoms with van der Waals surface area (Å²) in [5, 5.41) is 1.81. The van der Waals surface area contributed by atoms with Gasteiger partial charge in [-0.05, 0) is 35.4 Å². The molecule has 0 heterocycles. The van der Waals surface area contributed by atoms with Crippen molar-refractivity contribution in [3.05, 3.63) is 68.7 Å². The van der Waals surface area contributed by atoms with Crippen molar-refractivity contribution in [2.24, 2.45) is 0 Å². The molecule has 0 aliphatic heterocycles. The predicted molar refractivity (Wildman–Crippen MR) is 83.5 cm³/mol. The summed E-state index contributed by atoms with van der Waals surface area (Å²) in [6, 6.07) is 12.6. The molecule has 2 rings (SSSR count). The van der Waals surface area contributed by atoms with Crippen molar-refractivity contribution < 1.29 is 4.21 Å². The fourth-order valence-electron chi connectivity index (χ4n) is 1.63. The minimum atomic E-state index is -1.02. The van der Waals surface area contributed by atoms with E-state index >= 15 is 0 Å². The second-order valence-corrected chi connectivity index (χ2v) is 6.83. The minimum Gasteiger partial charge on any atom is -0.259 e. The molecule has 0 radical (unpaired) electrons. The van der Waals surface area contributed by atoms with Crippen LogP contribution < -0.4 is 0 Å². The summed E-state index contributed by atoms with van der Waals surface area (Å²) < 4.78 is 12.1. The van der Waals surface area contributed by atoms with E-state index in [-0.39, 0.29) is 0 Å². The Morgan fingerprint density at radius 2 is 1.47 bits per heavy atom. The molecule has 0 N–H and O–H groups in total. The van der Waals surface area contributed by atoms with Gasteiger partial charge in [0, 0.05) is 31.6 Å². The van der Waals surface area contributed by atoms with E-state index in [9.17, 15) is 4.21 Å². The van der Waals surface area contributed by atoms with Gasteiger partial charge >= 0.3 is 0 Å². The second kappa shape index (κ2) is 6.76. The molecule has 2 aromatic rings. The lowest BCUT2D eigenvalue weighted by atomic mass is 10.2. The summed E-state index contributed by atoms with van der Waals surface area (Å²) >= 11 is 17.7. The highest BCUT2D eigenvalue weighted by molar-refractivity contribution is 7.83. The molecule has 0 fully saturated rings. The summed E-state index contributed by atoms with van der Waals surface area (Å²) in [5.41, 5.74) is 1.84. The second-order valence-electron chi connectivity index (χ2n) is 4.09. The zero-order chi connectivity index (χ0) is 13.8. The fraction of sp³-hybridized carbons (Fsp3) is 0.143. The summed E-state index contributed by atoms with van der Waals surface area (Å²) in [5.74, 6) is 0.898. The number of hydrogen-bond donors (Lipinski definition) is 0. The largest absolute Gasteiger partial charge is 0.259 e. The predicted octanol–water partition coefficient (Wildman–Crippen LogP) is 5.10. The van der Waals surface area contributed by atoms with Gasteiger partial charge in [0.2, 0.25) is 0 Å². The van der Waals surface area contributed by atoms with E-state index in [1.165, 1.54) is 0 Å². The average molecular weight is 334 g/mol. The van der Waals surface area contributed by atoms with Gasteiger partial charge in [0.15, 0.2) is 0 Å². The molecular formula is C14H11Cl3OS. The first kappa shape index (κ1) is 14.9. The standard InChI is InChI=1S/C14H11Cl3OS/c15-12-4-1-10(2-5-12)8-19(18)9-11-3-6-13(16)7-14(11)17/h1-7H,8-9H2. The van der Waals surface area contributed by atoms with Crippen LogP contribution in [0.4, 0.5) is 0 Å². The van der Waals surface area contributed by atoms with E-state index in [1.807, 2.05) is 18.2 Å². The van der Waals surface area contributed by atoms with Crippen molar-refractivity contribution in [1.82, 2.24) is 0 Å². The van der Waals surface area contributed by atoms with Crippen LogP contribution in [0.1, 0.15) is 11.1 Å². The summed E-state index contributed by atoms with van der Waals surface area (Å²) in [7, 11) is -1.02. The maximum atomic E-state index is 12.1. The van der Waals surface area contributed by atoms with Crippen molar-refractivity contribution >= 4 is 45.6 Å². The summed E-state index contributed by atoms with van der Waals surface area (Å²) in [4.78, 5) is 0. The number of hydrogen-bond acceptors (Lipinski definition) is 1. The molecule has 0 amide bonds. The third kappa shape index (κ3) is 4.50. The van der Waals surface area contributed by atoms with Crippen LogP contribution in [-0.2, 0) is 22.3 Å². The van der Waals surface area contributed by atoms with Crippen LogP contribution >= 0.6 is 34.8 Å². The fourth-order valence-corrected chi connectivity index (χ4v) is 3.58. The van der Waals surface area contributed by atoms with Crippen molar-refractivity contribution in [1.29, 1.82) is 0 Å². The van der Waals surface area contributed by atoms with Gasteiger partial charge in [-0.3, -0.25) is 4.21 Å². The highest BCUT2D eigenvalue weighted by Gasteiger charge is 2.07. The monoisotopic (exact) mass is 332 g/mol. The highest BCUT2D eigenvalue weighted by Crippen LogP contribution is 2.23. The van der Waals surface area contributed by atoms with Gasteiger partial charge < -0.3 is 0 Å². The van der Waals surface area contributed by atoms with Crippen LogP contribution in [0.15, 0.2) is 42.5 Å². The van der Waals surface area contributed by atoms with Gasteiger partial charge in [-0.25, -0.2) is 0 Å². The van der Waals surface area contributed by atoms with Crippen molar-refractivity contribution in [2.75, 3.05) is 0 Å². The van der Waals surface area contributed by atoms with Crippen LogP contribution in [0, 0.1) is 0 Å². The van der Waals surface area contributed by atoms with Crippen LogP contribution in [0.25, 0.3) is 0 Å². The first-order chi connectivity index (χ1) is 9.04. The Morgan fingerprint density at radius 3 is 2.11 bits per heavy atom. The number of benzene rings is 2. The molecule has 0 aromatic heterocycles. The van der Waals surface area contributed by atoms with Crippen LogP contribution in [-0.4, -0.2) is 4.21 Å². The Hall–Kier alpha value is -0.540. The molecule has 0 saturated heterocycles. The smallest absolute Gasteiger partial charge is 0.0503 e. The van der Waals surface area contributed by atoms with Gasteiger partial charge in [-0.2, -0.15) is 0 Å². The zero-order valence-electron chi connectivity index (χ0n) is 9.91. The lowest BCUT2D eigenvalue weighted by Crippen LogP contribution is -2.00. The molecule has 100 valence electrons. The van der Waals surface area contributed by atoms with Crippen molar-refractivity contribution in [2.45, 2.75) is 11.5 Å². The van der Waals surface area contributed by atoms with Gasteiger partial charge in [0.1, 0.15) is 0 Å². The summed E-state index contributed by atoms with van der Waals surface area (Å²) in [6.45, 7) is 0. The van der Waals surface area contributed by atoms with E-state index in [2.05, 4.69) is 0 Å². The Bertz CT molecular complexity index is 596. The molecule has 1 unspecified atom stereocenters. The third-order valence-corrected chi connectivity index (χ3v) is 4.70. The number of halogens is 3. The Labute approximate surface area is 130 Å². The van der Waals surface area contributed by atoms with Gasteiger partial charge in [0.05, 0.1) is 5.75 Å². The van der Waals surface area contributed by atoms with Gasteiger partial charge in [-0.1, -0.05) is 53.0 Å². The average Bonchev–Trinajstić information content (AvgIpc) is 2.36. The van der Waals surface area contributed by atoms with E-state index in [4.69, 9.17) is 34.8 Å². The number of rotatable bonds is 4. The van der Waals surface area contributed by atoms with Crippen molar-refractivity contribution in [3.8, 4) is 0 Å². The van der Waals surface area contributed by atoms with Crippen LogP contribution in [0.3, 0.4) is 0 Å².